The van der Waals surface area contributed by atoms with Crippen molar-refractivity contribution in [1.82, 2.24) is 4.73 Å². The summed E-state index contributed by atoms with van der Waals surface area (Å²) in [6, 6.07) is 1.96. The molecule has 1 aliphatic carbocycles. The molecule has 0 amide bonds. The Morgan fingerprint density at radius 1 is 1.50 bits per heavy atom. The van der Waals surface area contributed by atoms with Crippen LogP contribution in [-0.2, 0) is 0 Å². The van der Waals surface area contributed by atoms with E-state index in [2.05, 4.69) is 0 Å². The van der Waals surface area contributed by atoms with Crippen LogP contribution in [0.2, 0.25) is 0 Å². The minimum absolute atomic E-state index is 0.722. The predicted molar refractivity (Wildman–Crippen MR) is 49.0 cm³/mol. The largest absolute Gasteiger partial charge is 0.428 e. The summed E-state index contributed by atoms with van der Waals surface area (Å²) in [7, 11) is 0. The third kappa shape index (κ3) is 0.743. The molecule has 1 aliphatic rings. The van der Waals surface area contributed by atoms with E-state index >= 15 is 0 Å². The van der Waals surface area contributed by atoms with Crippen LogP contribution in [0.5, 0.6) is 0 Å². The van der Waals surface area contributed by atoms with E-state index in [0.29, 0.717) is 0 Å². The van der Waals surface area contributed by atoms with Crippen molar-refractivity contribution in [2.45, 2.75) is 18.8 Å². The highest BCUT2D eigenvalue weighted by Gasteiger charge is 2.27. The first kappa shape index (κ1) is 6.54. The quantitative estimate of drug-likeness (QED) is 0.669. The molecule has 2 aromatic heterocycles. The molecule has 3 heteroatoms. The van der Waals surface area contributed by atoms with Crippen molar-refractivity contribution in [2.24, 2.45) is 0 Å². The number of hydrogen-bond donors (Lipinski definition) is 1. The van der Waals surface area contributed by atoms with Gasteiger partial charge in [-0.2, -0.15) is 4.73 Å². The number of aromatic nitrogens is 1. The fourth-order valence-electron chi connectivity index (χ4n) is 1.64. The molecule has 1 N–H and O–H groups in total. The lowest BCUT2D eigenvalue weighted by molar-refractivity contribution is 0.200. The Kier molecular flexibility index (Phi) is 1.11. The maximum Gasteiger partial charge on any atom is 0.0976 e. The second-order valence-corrected chi connectivity index (χ2v) is 4.25. The molecule has 0 saturated heterocycles. The van der Waals surface area contributed by atoms with Crippen LogP contribution in [-0.4, -0.2) is 9.94 Å². The zero-order chi connectivity index (χ0) is 8.13. The molecule has 12 heavy (non-hydrogen) atoms. The minimum Gasteiger partial charge on any atom is -0.428 e. The molecular formula is C9H9NOS. The van der Waals surface area contributed by atoms with Gasteiger partial charge in [-0.25, -0.2) is 0 Å². The van der Waals surface area contributed by atoms with Crippen molar-refractivity contribution < 1.29 is 5.21 Å². The van der Waals surface area contributed by atoms with Gasteiger partial charge in [-0.05, 0) is 35.8 Å². The Balaban J connectivity index is 2.33. The lowest BCUT2D eigenvalue weighted by Crippen LogP contribution is -1.83. The highest BCUT2D eigenvalue weighted by molar-refractivity contribution is 7.17. The summed E-state index contributed by atoms with van der Waals surface area (Å²) in [5.41, 5.74) is 2.30. The van der Waals surface area contributed by atoms with Crippen molar-refractivity contribution in [1.29, 1.82) is 0 Å². The second kappa shape index (κ2) is 2.04. The zero-order valence-electron chi connectivity index (χ0n) is 6.53. The normalized spacial score (nSPS) is 17.3. The number of fused-ring (bicyclic) bond motifs is 1. The molecule has 0 aromatic carbocycles. The first-order valence-electron chi connectivity index (χ1n) is 4.14. The monoisotopic (exact) mass is 179 g/mol. The summed E-state index contributed by atoms with van der Waals surface area (Å²) >= 11 is 1.72. The van der Waals surface area contributed by atoms with Gasteiger partial charge in [0.1, 0.15) is 0 Å². The Hall–Kier alpha value is -0.960. The van der Waals surface area contributed by atoms with Gasteiger partial charge in [0.25, 0.3) is 0 Å². The number of hydrogen-bond acceptors (Lipinski definition) is 2. The van der Waals surface area contributed by atoms with Crippen LogP contribution in [0.1, 0.15) is 24.3 Å². The Morgan fingerprint density at radius 3 is 3.08 bits per heavy atom. The molecule has 0 aliphatic heterocycles. The van der Waals surface area contributed by atoms with Gasteiger partial charge in [-0.15, -0.1) is 11.3 Å². The molecule has 0 radical (unpaired) electrons. The van der Waals surface area contributed by atoms with Crippen LogP contribution in [0.25, 0.3) is 10.2 Å². The standard InChI is InChI=1S/C9H9NOS/c11-10-5-7(6-1-2-6)9-8(10)3-4-12-9/h3-6,11H,1-2H2. The van der Waals surface area contributed by atoms with Crippen LogP contribution in [0.15, 0.2) is 17.6 Å². The summed E-state index contributed by atoms with van der Waals surface area (Å²) < 4.78 is 2.51. The van der Waals surface area contributed by atoms with Crippen LogP contribution >= 0.6 is 11.3 Å². The van der Waals surface area contributed by atoms with Gasteiger partial charge in [0.2, 0.25) is 0 Å². The second-order valence-electron chi connectivity index (χ2n) is 3.34. The van der Waals surface area contributed by atoms with Crippen molar-refractivity contribution >= 4 is 21.6 Å². The number of rotatable bonds is 1. The average Bonchev–Trinajstić information content (AvgIpc) is 2.68. The maximum atomic E-state index is 9.48. The van der Waals surface area contributed by atoms with E-state index in [4.69, 9.17) is 0 Å². The molecular weight excluding hydrogens is 170 g/mol. The third-order valence-corrected chi connectivity index (χ3v) is 3.38. The summed E-state index contributed by atoms with van der Waals surface area (Å²) in [4.78, 5) is 0. The molecule has 0 bridgehead atoms. The van der Waals surface area contributed by atoms with E-state index in [0.717, 1.165) is 11.4 Å². The lowest BCUT2D eigenvalue weighted by Gasteiger charge is -1.88. The summed E-state index contributed by atoms with van der Waals surface area (Å²) in [6.07, 6.45) is 4.44. The topological polar surface area (TPSA) is 25.2 Å². The van der Waals surface area contributed by atoms with Crippen molar-refractivity contribution in [3.63, 3.8) is 0 Å². The number of thiophene rings is 1. The first-order valence-corrected chi connectivity index (χ1v) is 5.02. The Morgan fingerprint density at radius 2 is 2.33 bits per heavy atom. The van der Waals surface area contributed by atoms with Crippen molar-refractivity contribution in [2.75, 3.05) is 0 Å². The molecule has 62 valence electrons. The lowest BCUT2D eigenvalue weighted by atomic mass is 10.2. The smallest absolute Gasteiger partial charge is 0.0976 e. The SMILES string of the molecule is On1cc(C2CC2)c2sccc21. The van der Waals surface area contributed by atoms with Crippen LogP contribution in [0.4, 0.5) is 0 Å². The van der Waals surface area contributed by atoms with E-state index in [1.165, 1.54) is 27.8 Å². The molecule has 1 saturated carbocycles. The minimum atomic E-state index is 0.722. The van der Waals surface area contributed by atoms with Gasteiger partial charge in [0.15, 0.2) is 0 Å². The van der Waals surface area contributed by atoms with Gasteiger partial charge in [0.05, 0.1) is 10.2 Å². The van der Waals surface area contributed by atoms with E-state index in [1.807, 2.05) is 17.6 Å². The summed E-state index contributed by atoms with van der Waals surface area (Å²) in [6.45, 7) is 0. The predicted octanol–water partition coefficient (Wildman–Crippen LogP) is 2.82. The Bertz CT molecular complexity index is 425. The molecule has 0 unspecified atom stereocenters. The van der Waals surface area contributed by atoms with Crippen molar-refractivity contribution in [3.8, 4) is 0 Å². The summed E-state index contributed by atoms with van der Waals surface area (Å²) in [5, 5.41) is 11.5. The zero-order valence-corrected chi connectivity index (χ0v) is 7.34. The molecule has 2 heterocycles. The molecule has 3 rings (SSSR count). The van der Waals surface area contributed by atoms with Crippen molar-refractivity contribution in [3.05, 3.63) is 23.2 Å². The first-order chi connectivity index (χ1) is 5.86. The maximum absolute atomic E-state index is 9.48. The molecule has 0 atom stereocenters. The molecule has 2 nitrogen and oxygen atoms in total. The highest BCUT2D eigenvalue weighted by Crippen LogP contribution is 2.44. The van der Waals surface area contributed by atoms with Crippen LogP contribution in [0, 0.1) is 0 Å². The van der Waals surface area contributed by atoms with E-state index in [9.17, 15) is 5.21 Å². The Labute approximate surface area is 74.0 Å². The molecule has 1 fully saturated rings. The van der Waals surface area contributed by atoms with Crippen LogP contribution in [0.3, 0.4) is 0 Å². The van der Waals surface area contributed by atoms with Gasteiger partial charge in [0, 0.05) is 6.20 Å². The fraction of sp³-hybridized carbons (Fsp3) is 0.333. The van der Waals surface area contributed by atoms with E-state index in [1.54, 1.807) is 11.3 Å². The highest BCUT2D eigenvalue weighted by atomic mass is 32.1. The fourth-order valence-corrected chi connectivity index (χ4v) is 2.61. The average molecular weight is 179 g/mol. The van der Waals surface area contributed by atoms with Gasteiger partial charge in [-0.3, -0.25) is 0 Å². The van der Waals surface area contributed by atoms with E-state index in [-0.39, 0.29) is 0 Å². The number of nitrogens with zero attached hydrogens (tertiary/aromatic N) is 1. The van der Waals surface area contributed by atoms with Gasteiger partial charge in [-0.1, -0.05) is 0 Å². The van der Waals surface area contributed by atoms with E-state index < -0.39 is 0 Å². The molecule has 0 spiro atoms. The summed E-state index contributed by atoms with van der Waals surface area (Å²) in [5.74, 6) is 0.722. The van der Waals surface area contributed by atoms with Crippen LogP contribution < -0.4 is 0 Å². The van der Waals surface area contributed by atoms with Gasteiger partial charge >= 0.3 is 0 Å². The van der Waals surface area contributed by atoms with Gasteiger partial charge < -0.3 is 5.21 Å². The molecule has 2 aromatic rings. The third-order valence-electron chi connectivity index (χ3n) is 2.43.